The molecule has 0 aliphatic carbocycles. The number of nitrogens with one attached hydrogen (secondary N) is 1. The van der Waals surface area contributed by atoms with Gasteiger partial charge in [0.05, 0.1) is 16.7 Å². The van der Waals surface area contributed by atoms with Crippen molar-refractivity contribution in [3.05, 3.63) is 78.6 Å². The van der Waals surface area contributed by atoms with Crippen molar-refractivity contribution < 1.29 is 4.79 Å². The number of carbonyl (C=O) groups excluding carboxylic acids is 1. The van der Waals surface area contributed by atoms with Gasteiger partial charge in [-0.05, 0) is 24.3 Å². The van der Waals surface area contributed by atoms with Gasteiger partial charge in [-0.1, -0.05) is 36.4 Å². The minimum absolute atomic E-state index is 0.158. The molecule has 4 aromatic rings. The van der Waals surface area contributed by atoms with Crippen molar-refractivity contribution in [3.8, 4) is 0 Å². The molecule has 4 heteroatoms. The maximum absolute atomic E-state index is 12.5. The lowest BCUT2D eigenvalue weighted by molar-refractivity contribution is 0.102. The van der Waals surface area contributed by atoms with Gasteiger partial charge in [0.25, 0.3) is 5.91 Å². The average Bonchev–Trinajstić information content (AvgIpc) is 2.62. The van der Waals surface area contributed by atoms with E-state index >= 15 is 0 Å². The first-order valence-corrected chi connectivity index (χ1v) is 7.32. The third-order valence-corrected chi connectivity index (χ3v) is 3.77. The molecule has 4 rings (SSSR count). The van der Waals surface area contributed by atoms with Crippen LogP contribution in [0.15, 0.2) is 73.1 Å². The van der Waals surface area contributed by atoms with Crippen LogP contribution in [0.5, 0.6) is 0 Å². The topological polar surface area (TPSA) is 54.9 Å². The van der Waals surface area contributed by atoms with Gasteiger partial charge in [-0.25, -0.2) is 4.98 Å². The maximum atomic E-state index is 12.5. The highest BCUT2D eigenvalue weighted by Crippen LogP contribution is 2.30. The summed E-state index contributed by atoms with van der Waals surface area (Å²) in [6.07, 6.45) is 3.22. The number of anilines is 1. The van der Waals surface area contributed by atoms with Crippen LogP contribution in [0.3, 0.4) is 0 Å². The molecule has 0 atom stereocenters. The zero-order valence-electron chi connectivity index (χ0n) is 12.2. The van der Waals surface area contributed by atoms with Crippen LogP contribution in [-0.4, -0.2) is 15.9 Å². The number of hydrogen-bond acceptors (Lipinski definition) is 3. The van der Waals surface area contributed by atoms with Crippen LogP contribution in [-0.2, 0) is 0 Å². The Hall–Kier alpha value is -3.27. The van der Waals surface area contributed by atoms with E-state index in [0.29, 0.717) is 5.56 Å². The van der Waals surface area contributed by atoms with Crippen molar-refractivity contribution in [3.63, 3.8) is 0 Å². The average molecular weight is 299 g/mol. The smallest absolute Gasteiger partial charge is 0.255 e. The van der Waals surface area contributed by atoms with Crippen molar-refractivity contribution in [2.75, 3.05) is 5.32 Å². The van der Waals surface area contributed by atoms with Crippen LogP contribution in [0, 0.1) is 0 Å². The van der Waals surface area contributed by atoms with Gasteiger partial charge in [0.15, 0.2) is 0 Å². The quantitative estimate of drug-likeness (QED) is 0.568. The van der Waals surface area contributed by atoms with Crippen LogP contribution in [0.4, 0.5) is 5.69 Å². The van der Waals surface area contributed by atoms with Gasteiger partial charge in [-0.3, -0.25) is 9.78 Å². The summed E-state index contributed by atoms with van der Waals surface area (Å²) in [5.41, 5.74) is 3.07. The Labute approximate surface area is 132 Å². The van der Waals surface area contributed by atoms with E-state index in [9.17, 15) is 4.79 Å². The lowest BCUT2D eigenvalue weighted by atomic mass is 10.1. The molecular formula is C19H13N3O. The molecule has 0 saturated heterocycles. The predicted molar refractivity (Wildman–Crippen MR) is 91.4 cm³/mol. The Morgan fingerprint density at radius 3 is 1.96 bits per heavy atom. The number of pyridine rings is 2. The first-order chi connectivity index (χ1) is 11.3. The lowest BCUT2D eigenvalue weighted by Gasteiger charge is -2.12. The summed E-state index contributed by atoms with van der Waals surface area (Å²) in [6, 6.07) is 19.0. The van der Waals surface area contributed by atoms with Gasteiger partial charge >= 0.3 is 0 Å². The fraction of sp³-hybridized carbons (Fsp3) is 0. The van der Waals surface area contributed by atoms with Crippen molar-refractivity contribution >= 4 is 33.4 Å². The summed E-state index contributed by atoms with van der Waals surface area (Å²) in [7, 11) is 0. The Bertz CT molecular complexity index is 959. The molecule has 2 aromatic heterocycles. The summed E-state index contributed by atoms with van der Waals surface area (Å²) in [6.45, 7) is 0. The number of para-hydroxylation sites is 2. The number of benzene rings is 2. The fourth-order valence-electron chi connectivity index (χ4n) is 2.66. The van der Waals surface area contributed by atoms with E-state index in [1.165, 1.54) is 0 Å². The van der Waals surface area contributed by atoms with Crippen molar-refractivity contribution in [1.82, 2.24) is 9.97 Å². The second-order valence-corrected chi connectivity index (χ2v) is 5.21. The first kappa shape index (κ1) is 13.4. The Morgan fingerprint density at radius 2 is 1.35 bits per heavy atom. The van der Waals surface area contributed by atoms with Crippen molar-refractivity contribution in [2.45, 2.75) is 0 Å². The van der Waals surface area contributed by atoms with E-state index in [1.807, 2.05) is 48.5 Å². The zero-order valence-corrected chi connectivity index (χ0v) is 12.2. The van der Waals surface area contributed by atoms with Gasteiger partial charge in [-0.15, -0.1) is 0 Å². The van der Waals surface area contributed by atoms with Crippen LogP contribution in [0.1, 0.15) is 10.4 Å². The number of aromatic nitrogens is 2. The summed E-state index contributed by atoms with van der Waals surface area (Å²) < 4.78 is 0. The number of fused-ring (bicyclic) bond motifs is 2. The summed E-state index contributed by atoms with van der Waals surface area (Å²) in [5.74, 6) is -0.158. The molecule has 0 aliphatic rings. The fourth-order valence-corrected chi connectivity index (χ4v) is 2.66. The van der Waals surface area contributed by atoms with Gasteiger partial charge in [0.2, 0.25) is 0 Å². The van der Waals surface area contributed by atoms with Crippen LogP contribution >= 0.6 is 0 Å². The van der Waals surface area contributed by atoms with Gasteiger partial charge in [0.1, 0.15) is 0 Å². The van der Waals surface area contributed by atoms with E-state index in [1.54, 1.807) is 24.5 Å². The molecule has 0 radical (unpaired) electrons. The number of rotatable bonds is 2. The molecule has 0 aliphatic heterocycles. The Balaban J connectivity index is 1.91. The number of nitrogens with zero attached hydrogens (tertiary/aromatic N) is 2. The summed E-state index contributed by atoms with van der Waals surface area (Å²) >= 11 is 0. The molecule has 110 valence electrons. The molecule has 4 nitrogen and oxygen atoms in total. The molecule has 2 aromatic carbocycles. The Kier molecular flexibility index (Phi) is 3.20. The first-order valence-electron chi connectivity index (χ1n) is 7.32. The SMILES string of the molecule is O=C(Nc1c2ccccc2nc2ccccc12)c1ccncc1. The van der Waals surface area contributed by atoms with Crippen LogP contribution in [0.25, 0.3) is 21.8 Å². The van der Waals surface area contributed by atoms with Crippen molar-refractivity contribution in [1.29, 1.82) is 0 Å². The molecule has 23 heavy (non-hydrogen) atoms. The summed E-state index contributed by atoms with van der Waals surface area (Å²) in [5, 5.41) is 4.89. The van der Waals surface area contributed by atoms with E-state index in [4.69, 9.17) is 0 Å². The molecule has 0 bridgehead atoms. The van der Waals surface area contributed by atoms with E-state index < -0.39 is 0 Å². The second kappa shape index (κ2) is 5.50. The van der Waals surface area contributed by atoms with E-state index in [0.717, 1.165) is 27.5 Å². The van der Waals surface area contributed by atoms with E-state index in [-0.39, 0.29) is 5.91 Å². The molecule has 0 saturated carbocycles. The highest BCUT2D eigenvalue weighted by Gasteiger charge is 2.12. The molecule has 1 amide bonds. The van der Waals surface area contributed by atoms with E-state index in [2.05, 4.69) is 15.3 Å². The monoisotopic (exact) mass is 299 g/mol. The Morgan fingerprint density at radius 1 is 0.783 bits per heavy atom. The number of amides is 1. The number of hydrogen-bond donors (Lipinski definition) is 1. The molecular weight excluding hydrogens is 286 g/mol. The van der Waals surface area contributed by atoms with Crippen molar-refractivity contribution in [2.24, 2.45) is 0 Å². The largest absolute Gasteiger partial charge is 0.321 e. The minimum Gasteiger partial charge on any atom is -0.321 e. The lowest BCUT2D eigenvalue weighted by Crippen LogP contribution is -2.12. The molecule has 0 fully saturated rings. The standard InChI is InChI=1S/C19H13N3O/c23-19(13-9-11-20-12-10-13)22-18-14-5-1-3-7-16(14)21-17-8-4-2-6-15(17)18/h1-12H,(H,21,22,23). The number of carbonyl (C=O) groups is 1. The molecule has 1 N–H and O–H groups in total. The van der Waals surface area contributed by atoms with Gasteiger partial charge < -0.3 is 5.32 Å². The van der Waals surface area contributed by atoms with Gasteiger partial charge in [0, 0.05) is 28.7 Å². The minimum atomic E-state index is -0.158. The normalized spacial score (nSPS) is 10.8. The summed E-state index contributed by atoms with van der Waals surface area (Å²) in [4.78, 5) is 21.1. The second-order valence-electron chi connectivity index (χ2n) is 5.21. The van der Waals surface area contributed by atoms with Crippen LogP contribution in [0.2, 0.25) is 0 Å². The molecule has 2 heterocycles. The highest BCUT2D eigenvalue weighted by molar-refractivity contribution is 6.16. The third-order valence-electron chi connectivity index (χ3n) is 3.77. The zero-order chi connectivity index (χ0) is 15.6. The molecule has 0 spiro atoms. The third kappa shape index (κ3) is 2.40. The maximum Gasteiger partial charge on any atom is 0.255 e. The molecule has 0 unspecified atom stereocenters. The van der Waals surface area contributed by atoms with Gasteiger partial charge in [-0.2, -0.15) is 0 Å². The predicted octanol–water partition coefficient (Wildman–Crippen LogP) is 4.04. The highest BCUT2D eigenvalue weighted by atomic mass is 16.1. The van der Waals surface area contributed by atoms with Crippen LogP contribution < -0.4 is 5.32 Å².